The van der Waals surface area contributed by atoms with Crippen LogP contribution < -0.4 is 5.32 Å². The van der Waals surface area contributed by atoms with E-state index in [0.717, 1.165) is 13.0 Å². The second kappa shape index (κ2) is 5.66. The van der Waals surface area contributed by atoms with Crippen LogP contribution in [0.15, 0.2) is 0 Å². The molecule has 2 atom stereocenters. The van der Waals surface area contributed by atoms with Gasteiger partial charge >= 0.3 is 0 Å². The van der Waals surface area contributed by atoms with Gasteiger partial charge in [0.2, 0.25) is 0 Å². The second-order valence-corrected chi connectivity index (χ2v) is 2.48. The average Bonchev–Trinajstić information content (AvgIpc) is 2.39. The van der Waals surface area contributed by atoms with Gasteiger partial charge in [0.1, 0.15) is 6.67 Å². The number of nitrogens with one attached hydrogen (secondary N) is 1. The van der Waals surface area contributed by atoms with Crippen molar-refractivity contribution < 1.29 is 4.39 Å². The molecule has 1 nitrogen and oxygen atoms in total. The highest BCUT2D eigenvalue weighted by Gasteiger charge is 2.21. The van der Waals surface area contributed by atoms with E-state index in [4.69, 9.17) is 0 Å². The minimum atomic E-state index is -0.207. The topological polar surface area (TPSA) is 12.0 Å². The normalized spacial score (nSPS) is 31.2. The van der Waals surface area contributed by atoms with Crippen LogP contribution in [0.25, 0.3) is 0 Å². The quantitative estimate of drug-likeness (QED) is 0.598. The highest BCUT2D eigenvalue weighted by atomic mass is 19.1. The number of halogens is 1. The van der Waals surface area contributed by atoms with Crippen molar-refractivity contribution in [1.29, 1.82) is 0 Å². The maximum absolute atomic E-state index is 11.9. The Kier molecular flexibility index (Phi) is 5.60. The van der Waals surface area contributed by atoms with E-state index in [-0.39, 0.29) is 12.7 Å². The zero-order valence-corrected chi connectivity index (χ0v) is 7.15. The van der Waals surface area contributed by atoms with Crippen LogP contribution in [0.2, 0.25) is 0 Å². The van der Waals surface area contributed by atoms with Crippen molar-refractivity contribution in [2.45, 2.75) is 33.2 Å². The van der Waals surface area contributed by atoms with Gasteiger partial charge < -0.3 is 5.32 Å². The molecule has 1 rings (SSSR count). The molecule has 0 aliphatic carbocycles. The molecule has 1 N–H and O–H groups in total. The second-order valence-electron chi connectivity index (χ2n) is 2.48. The van der Waals surface area contributed by atoms with E-state index < -0.39 is 0 Å². The van der Waals surface area contributed by atoms with Crippen LogP contribution in [0.3, 0.4) is 0 Å². The van der Waals surface area contributed by atoms with Gasteiger partial charge in [0.05, 0.1) is 0 Å². The minimum Gasteiger partial charge on any atom is -0.311 e. The predicted molar refractivity (Wildman–Crippen MR) is 42.9 cm³/mol. The van der Waals surface area contributed by atoms with Crippen molar-refractivity contribution >= 4 is 0 Å². The first-order chi connectivity index (χ1) is 4.84. The molecule has 0 aromatic heterocycles. The van der Waals surface area contributed by atoms with Gasteiger partial charge in [0.25, 0.3) is 0 Å². The smallest absolute Gasteiger partial charge is 0.105 e. The average molecular weight is 147 g/mol. The number of hydrogen-bond acceptors (Lipinski definition) is 1. The van der Waals surface area contributed by atoms with Crippen LogP contribution in [0.4, 0.5) is 4.39 Å². The van der Waals surface area contributed by atoms with Crippen LogP contribution in [-0.4, -0.2) is 19.3 Å². The zero-order valence-electron chi connectivity index (χ0n) is 7.15. The van der Waals surface area contributed by atoms with E-state index in [1.54, 1.807) is 0 Å². The fourth-order valence-corrected chi connectivity index (χ4v) is 1.11. The third-order valence-electron chi connectivity index (χ3n) is 1.86. The van der Waals surface area contributed by atoms with Crippen molar-refractivity contribution in [2.24, 2.45) is 5.92 Å². The molecule has 0 bridgehead atoms. The molecule has 1 aliphatic heterocycles. The van der Waals surface area contributed by atoms with Crippen LogP contribution in [-0.2, 0) is 0 Å². The van der Waals surface area contributed by atoms with Crippen LogP contribution >= 0.6 is 0 Å². The van der Waals surface area contributed by atoms with E-state index in [9.17, 15) is 4.39 Å². The standard InChI is InChI=1S/C6H12FN.C2H6/c1-5-2-3-8-6(5)4-7;1-2/h5-6,8H,2-4H2,1H3;1-2H3. The van der Waals surface area contributed by atoms with E-state index in [2.05, 4.69) is 12.2 Å². The summed E-state index contributed by atoms with van der Waals surface area (Å²) in [4.78, 5) is 0. The first-order valence-electron chi connectivity index (χ1n) is 4.14. The van der Waals surface area contributed by atoms with E-state index in [1.165, 1.54) is 0 Å². The van der Waals surface area contributed by atoms with Gasteiger partial charge in [-0.25, -0.2) is 4.39 Å². The molecule has 0 spiro atoms. The molecule has 10 heavy (non-hydrogen) atoms. The number of hydrogen-bond donors (Lipinski definition) is 1. The van der Waals surface area contributed by atoms with E-state index in [0.29, 0.717) is 5.92 Å². The molecule has 2 unspecified atom stereocenters. The Balaban J connectivity index is 0.000000371. The van der Waals surface area contributed by atoms with Crippen molar-refractivity contribution in [1.82, 2.24) is 5.32 Å². The highest BCUT2D eigenvalue weighted by Crippen LogP contribution is 2.13. The van der Waals surface area contributed by atoms with Crippen LogP contribution in [0.5, 0.6) is 0 Å². The monoisotopic (exact) mass is 147 g/mol. The first kappa shape index (κ1) is 9.89. The minimum absolute atomic E-state index is 0.148. The van der Waals surface area contributed by atoms with Crippen LogP contribution in [0, 0.1) is 5.92 Å². The Bertz CT molecular complexity index is 75.7. The number of rotatable bonds is 1. The molecular formula is C8H18FN. The number of alkyl halides is 1. The molecule has 0 saturated carbocycles. The van der Waals surface area contributed by atoms with Crippen molar-refractivity contribution in [3.63, 3.8) is 0 Å². The lowest BCUT2D eigenvalue weighted by Gasteiger charge is -2.08. The van der Waals surface area contributed by atoms with Crippen molar-refractivity contribution in [2.75, 3.05) is 13.2 Å². The molecule has 1 saturated heterocycles. The predicted octanol–water partition coefficient (Wildman–Crippen LogP) is 1.98. The van der Waals surface area contributed by atoms with Crippen LogP contribution in [0.1, 0.15) is 27.2 Å². The summed E-state index contributed by atoms with van der Waals surface area (Å²) in [6.45, 7) is 6.88. The molecule has 62 valence electrons. The summed E-state index contributed by atoms with van der Waals surface area (Å²) < 4.78 is 11.9. The summed E-state index contributed by atoms with van der Waals surface area (Å²) in [6, 6.07) is 0.148. The molecule has 1 heterocycles. The fraction of sp³-hybridized carbons (Fsp3) is 1.00. The van der Waals surface area contributed by atoms with E-state index in [1.807, 2.05) is 13.8 Å². The molecule has 0 radical (unpaired) electrons. The maximum Gasteiger partial charge on any atom is 0.105 e. The Morgan fingerprint density at radius 1 is 1.50 bits per heavy atom. The van der Waals surface area contributed by atoms with Gasteiger partial charge in [-0.2, -0.15) is 0 Å². The molecule has 0 aromatic rings. The summed E-state index contributed by atoms with van der Waals surface area (Å²) in [6.07, 6.45) is 1.13. The summed E-state index contributed by atoms with van der Waals surface area (Å²) in [5.41, 5.74) is 0. The summed E-state index contributed by atoms with van der Waals surface area (Å²) >= 11 is 0. The van der Waals surface area contributed by atoms with Crippen molar-refractivity contribution in [3.8, 4) is 0 Å². The van der Waals surface area contributed by atoms with E-state index >= 15 is 0 Å². The molecule has 1 aliphatic rings. The van der Waals surface area contributed by atoms with Gasteiger partial charge in [-0.15, -0.1) is 0 Å². The highest BCUT2D eigenvalue weighted by molar-refractivity contribution is 4.79. The lowest BCUT2D eigenvalue weighted by atomic mass is 10.1. The third kappa shape index (κ3) is 2.65. The Hall–Kier alpha value is -0.110. The Labute approximate surface area is 63.0 Å². The molecular weight excluding hydrogens is 129 g/mol. The Morgan fingerprint density at radius 2 is 2.10 bits per heavy atom. The largest absolute Gasteiger partial charge is 0.311 e. The van der Waals surface area contributed by atoms with Crippen molar-refractivity contribution in [3.05, 3.63) is 0 Å². The fourth-order valence-electron chi connectivity index (χ4n) is 1.11. The Morgan fingerprint density at radius 3 is 2.30 bits per heavy atom. The van der Waals surface area contributed by atoms with Gasteiger partial charge in [0.15, 0.2) is 0 Å². The molecule has 0 aromatic carbocycles. The van der Waals surface area contributed by atoms with Gasteiger partial charge in [-0.1, -0.05) is 20.8 Å². The summed E-state index contributed by atoms with van der Waals surface area (Å²) in [5, 5.41) is 3.08. The molecule has 2 heteroatoms. The molecule has 0 amide bonds. The lowest BCUT2D eigenvalue weighted by molar-refractivity contribution is 0.356. The summed E-state index contributed by atoms with van der Waals surface area (Å²) in [7, 11) is 0. The third-order valence-corrected chi connectivity index (χ3v) is 1.86. The lowest BCUT2D eigenvalue weighted by Crippen LogP contribution is -2.27. The first-order valence-corrected chi connectivity index (χ1v) is 4.14. The van der Waals surface area contributed by atoms with Gasteiger partial charge in [-0.05, 0) is 18.9 Å². The van der Waals surface area contributed by atoms with Gasteiger partial charge in [-0.3, -0.25) is 0 Å². The summed E-state index contributed by atoms with van der Waals surface area (Å²) in [5.74, 6) is 0.542. The SMILES string of the molecule is CC.CC1CCNC1CF. The maximum atomic E-state index is 11.9. The van der Waals surface area contributed by atoms with Gasteiger partial charge in [0, 0.05) is 6.04 Å². The zero-order chi connectivity index (χ0) is 7.98. The molecule has 1 fully saturated rings.